The van der Waals surface area contributed by atoms with Gasteiger partial charge >= 0.3 is 8.56 Å². The Morgan fingerprint density at radius 2 is 1.75 bits per heavy atom. The Balaban J connectivity index is 2.05. The number of amides is 1. The molecule has 0 saturated heterocycles. The summed E-state index contributed by atoms with van der Waals surface area (Å²) >= 11 is 0. The molecule has 0 aliphatic carbocycles. The molecule has 0 fully saturated rings. The predicted molar refractivity (Wildman–Crippen MR) is 83.6 cm³/mol. The molecular weight excluding hydrogens is 270 g/mol. The van der Waals surface area contributed by atoms with Crippen molar-refractivity contribution in [2.75, 3.05) is 5.32 Å². The zero-order valence-corrected chi connectivity index (χ0v) is 13.1. The molecule has 1 rings (SSSR count). The maximum absolute atomic E-state index is 11.7. The Labute approximate surface area is 122 Å². The molecule has 112 valence electrons. The first-order valence-electron chi connectivity index (χ1n) is 7.33. The van der Waals surface area contributed by atoms with E-state index >= 15 is 0 Å². The molecule has 0 spiro atoms. The fourth-order valence-corrected chi connectivity index (χ4v) is 3.14. The number of benzene rings is 1. The second-order valence-electron chi connectivity index (χ2n) is 5.16. The van der Waals surface area contributed by atoms with Crippen LogP contribution in [0.4, 0.5) is 5.69 Å². The average Bonchev–Trinajstić information content (AvgIpc) is 2.44. The normalized spacial score (nSPS) is 11.3. The molecule has 0 atom stereocenters. The minimum absolute atomic E-state index is 0.0396. The molecular formula is C15H25NO3Si. The van der Waals surface area contributed by atoms with Crippen LogP contribution in [0.3, 0.4) is 0 Å². The zero-order chi connectivity index (χ0) is 14.8. The number of carbonyl (C=O) groups is 1. The summed E-state index contributed by atoms with van der Waals surface area (Å²) in [5, 5.41) is 2.85. The highest BCUT2D eigenvalue weighted by Crippen LogP contribution is 2.14. The van der Waals surface area contributed by atoms with Crippen molar-refractivity contribution in [1.82, 2.24) is 0 Å². The van der Waals surface area contributed by atoms with E-state index in [1.54, 1.807) is 0 Å². The number of unbranched alkanes of at least 4 members (excludes halogenated alkanes) is 3. The van der Waals surface area contributed by atoms with Crippen molar-refractivity contribution in [3.05, 3.63) is 30.3 Å². The molecule has 0 radical (unpaired) electrons. The lowest BCUT2D eigenvalue weighted by molar-refractivity contribution is -0.116. The molecule has 0 unspecified atom stereocenters. The van der Waals surface area contributed by atoms with Gasteiger partial charge in [-0.15, -0.1) is 0 Å². The highest BCUT2D eigenvalue weighted by molar-refractivity contribution is 6.64. The molecule has 5 heteroatoms. The van der Waals surface area contributed by atoms with E-state index in [1.807, 2.05) is 37.3 Å². The summed E-state index contributed by atoms with van der Waals surface area (Å²) in [7, 11) is -2.89. The number of carbonyl (C=O) groups excluding carboxylic acids is 1. The van der Waals surface area contributed by atoms with Gasteiger partial charge in [0.1, 0.15) is 0 Å². The summed E-state index contributed by atoms with van der Waals surface area (Å²) in [5.74, 6) is 0.0396. The molecule has 0 saturated carbocycles. The van der Waals surface area contributed by atoms with Gasteiger partial charge in [-0.2, -0.15) is 0 Å². The maximum atomic E-state index is 11.7. The van der Waals surface area contributed by atoms with Crippen molar-refractivity contribution in [3.8, 4) is 0 Å². The number of hydrogen-bond donors (Lipinski definition) is 3. The van der Waals surface area contributed by atoms with Crippen LogP contribution in [-0.4, -0.2) is 24.1 Å². The monoisotopic (exact) mass is 295 g/mol. The lowest BCUT2D eigenvalue weighted by atomic mass is 10.1. The summed E-state index contributed by atoms with van der Waals surface area (Å²) in [6, 6.07) is 10.5. The fourth-order valence-electron chi connectivity index (χ4n) is 1.97. The van der Waals surface area contributed by atoms with Gasteiger partial charge in [0.2, 0.25) is 5.91 Å². The number of para-hydroxylation sites is 1. The molecule has 0 heterocycles. The molecule has 0 aliphatic heterocycles. The van der Waals surface area contributed by atoms with E-state index in [0.717, 1.165) is 31.4 Å². The smallest absolute Gasteiger partial charge is 0.332 e. The number of nitrogens with one attached hydrogen (secondary N) is 1. The van der Waals surface area contributed by atoms with Gasteiger partial charge in [-0.3, -0.25) is 4.79 Å². The van der Waals surface area contributed by atoms with Crippen LogP contribution in [-0.2, 0) is 4.79 Å². The van der Waals surface area contributed by atoms with Gasteiger partial charge in [0, 0.05) is 12.1 Å². The number of rotatable bonds is 9. The van der Waals surface area contributed by atoms with Gasteiger partial charge in [-0.1, -0.05) is 44.4 Å². The van der Waals surface area contributed by atoms with Crippen LogP contribution in [0.5, 0.6) is 0 Å². The fraction of sp³-hybridized carbons (Fsp3) is 0.533. The third kappa shape index (κ3) is 7.42. The molecule has 4 nitrogen and oxygen atoms in total. The van der Waals surface area contributed by atoms with Gasteiger partial charge in [0.05, 0.1) is 0 Å². The van der Waals surface area contributed by atoms with Crippen molar-refractivity contribution in [1.29, 1.82) is 0 Å². The lowest BCUT2D eigenvalue weighted by Crippen LogP contribution is -2.32. The first-order valence-corrected chi connectivity index (χ1v) is 9.64. The molecule has 0 bridgehead atoms. The van der Waals surface area contributed by atoms with Gasteiger partial charge < -0.3 is 14.9 Å². The van der Waals surface area contributed by atoms with Crippen molar-refractivity contribution in [2.24, 2.45) is 0 Å². The summed E-state index contributed by atoms with van der Waals surface area (Å²) in [5.41, 5.74) is 0.830. The largest absolute Gasteiger partial charge is 0.411 e. The Morgan fingerprint density at radius 3 is 2.40 bits per heavy atom. The van der Waals surface area contributed by atoms with Crippen LogP contribution < -0.4 is 5.32 Å². The van der Waals surface area contributed by atoms with Crippen LogP contribution in [0.15, 0.2) is 30.3 Å². The van der Waals surface area contributed by atoms with Crippen molar-refractivity contribution in [3.63, 3.8) is 0 Å². The molecule has 0 aromatic heterocycles. The average molecular weight is 295 g/mol. The number of hydrogen-bond acceptors (Lipinski definition) is 3. The first-order chi connectivity index (χ1) is 9.53. The highest BCUT2D eigenvalue weighted by Gasteiger charge is 2.24. The SMILES string of the molecule is CC[Si](O)(O)CCCCCCC(=O)Nc1ccccc1. The van der Waals surface area contributed by atoms with Crippen LogP contribution >= 0.6 is 0 Å². The zero-order valence-electron chi connectivity index (χ0n) is 12.1. The second-order valence-corrected chi connectivity index (χ2v) is 8.34. The van der Waals surface area contributed by atoms with Crippen LogP contribution in [0, 0.1) is 0 Å². The van der Waals surface area contributed by atoms with E-state index < -0.39 is 8.56 Å². The topological polar surface area (TPSA) is 69.6 Å². The quantitative estimate of drug-likeness (QED) is 0.484. The predicted octanol–water partition coefficient (Wildman–Crippen LogP) is 3.02. The molecule has 0 aliphatic rings. The summed E-state index contributed by atoms with van der Waals surface area (Å²) < 4.78 is 0. The van der Waals surface area contributed by atoms with E-state index in [9.17, 15) is 14.4 Å². The summed E-state index contributed by atoms with van der Waals surface area (Å²) in [6.45, 7) is 1.82. The number of anilines is 1. The molecule has 20 heavy (non-hydrogen) atoms. The molecule has 1 aromatic rings. The lowest BCUT2D eigenvalue weighted by Gasteiger charge is -2.14. The Bertz CT molecular complexity index is 395. The standard InChI is InChI=1S/C15H25NO3Si/c1-2-20(18,19)13-9-4-3-8-12-15(17)16-14-10-6-5-7-11-14/h5-7,10-11,18-19H,2-4,8-9,12-13H2,1H3,(H,16,17). The van der Waals surface area contributed by atoms with E-state index in [-0.39, 0.29) is 5.91 Å². The van der Waals surface area contributed by atoms with E-state index in [4.69, 9.17) is 0 Å². The third-order valence-corrected chi connectivity index (χ3v) is 5.64. The van der Waals surface area contributed by atoms with Crippen molar-refractivity contribution >= 4 is 20.2 Å². The van der Waals surface area contributed by atoms with Crippen molar-refractivity contribution < 1.29 is 14.4 Å². The summed E-state index contributed by atoms with van der Waals surface area (Å²) in [4.78, 5) is 30.8. The molecule has 1 aromatic carbocycles. The Hall–Kier alpha value is -1.17. The Morgan fingerprint density at radius 1 is 1.10 bits per heavy atom. The van der Waals surface area contributed by atoms with Crippen LogP contribution in [0.2, 0.25) is 12.1 Å². The van der Waals surface area contributed by atoms with Crippen molar-refractivity contribution in [2.45, 2.75) is 51.1 Å². The second kappa shape index (κ2) is 8.89. The van der Waals surface area contributed by atoms with Gasteiger partial charge in [0.25, 0.3) is 0 Å². The van der Waals surface area contributed by atoms with Gasteiger partial charge in [-0.05, 0) is 30.6 Å². The minimum atomic E-state index is -2.89. The maximum Gasteiger partial charge on any atom is 0.332 e. The van der Waals surface area contributed by atoms with E-state index in [0.29, 0.717) is 18.5 Å². The molecule has 1 amide bonds. The highest BCUT2D eigenvalue weighted by atomic mass is 28.4. The van der Waals surface area contributed by atoms with Gasteiger partial charge in [-0.25, -0.2) is 0 Å². The minimum Gasteiger partial charge on any atom is -0.411 e. The van der Waals surface area contributed by atoms with E-state index in [1.165, 1.54) is 0 Å². The van der Waals surface area contributed by atoms with E-state index in [2.05, 4.69) is 5.32 Å². The van der Waals surface area contributed by atoms with Crippen LogP contribution in [0.25, 0.3) is 0 Å². The summed E-state index contributed by atoms with van der Waals surface area (Å²) in [6.07, 6.45) is 4.11. The third-order valence-electron chi connectivity index (χ3n) is 3.35. The van der Waals surface area contributed by atoms with Gasteiger partial charge in [0.15, 0.2) is 0 Å². The first kappa shape index (κ1) is 16.9. The van der Waals surface area contributed by atoms with Crippen LogP contribution in [0.1, 0.15) is 39.0 Å². The Kier molecular flexibility index (Phi) is 7.50. The molecule has 3 N–H and O–H groups in total.